The third-order valence-electron chi connectivity index (χ3n) is 1.84. The lowest BCUT2D eigenvalue weighted by atomic mass is 10.2. The molecule has 0 fully saturated rings. The summed E-state index contributed by atoms with van der Waals surface area (Å²) < 4.78 is 0. The van der Waals surface area contributed by atoms with Crippen molar-refractivity contribution >= 4 is 5.84 Å². The van der Waals surface area contributed by atoms with Gasteiger partial charge in [-0.3, -0.25) is 0 Å². The predicted octanol–water partition coefficient (Wildman–Crippen LogP) is -0.564. The molecule has 0 amide bonds. The van der Waals surface area contributed by atoms with Crippen LogP contribution in [-0.2, 0) is 0 Å². The van der Waals surface area contributed by atoms with Gasteiger partial charge in [0.2, 0.25) is 0 Å². The van der Waals surface area contributed by atoms with E-state index in [2.05, 4.69) is 5.16 Å². The Morgan fingerprint density at radius 3 is 2.67 bits per heavy atom. The molecule has 0 radical (unpaired) electrons. The first-order chi connectivity index (χ1) is 5.61. The van der Waals surface area contributed by atoms with Crippen LogP contribution in [0.3, 0.4) is 0 Å². The van der Waals surface area contributed by atoms with Gasteiger partial charge in [-0.05, 0) is 14.0 Å². The number of aliphatic hydroxyl groups is 1. The zero-order valence-electron chi connectivity index (χ0n) is 7.56. The van der Waals surface area contributed by atoms with Crippen LogP contribution in [0.5, 0.6) is 0 Å². The predicted molar refractivity (Wildman–Crippen MR) is 47.2 cm³/mol. The van der Waals surface area contributed by atoms with Gasteiger partial charge in [0.15, 0.2) is 0 Å². The van der Waals surface area contributed by atoms with Gasteiger partial charge in [0, 0.05) is 19.0 Å². The molecule has 0 bridgehead atoms. The van der Waals surface area contributed by atoms with Gasteiger partial charge in [-0.15, -0.1) is 0 Å². The van der Waals surface area contributed by atoms with E-state index in [4.69, 9.17) is 16.0 Å². The fourth-order valence-electron chi connectivity index (χ4n) is 0.877. The summed E-state index contributed by atoms with van der Waals surface area (Å²) in [7, 11) is 1.88. The Balaban J connectivity index is 3.77. The molecular weight excluding hydrogens is 158 g/mol. The first-order valence-electron chi connectivity index (χ1n) is 3.89. The van der Waals surface area contributed by atoms with E-state index in [1.807, 2.05) is 18.9 Å². The Kier molecular flexibility index (Phi) is 5.40. The van der Waals surface area contributed by atoms with Crippen LogP contribution in [0.25, 0.3) is 0 Å². The second-order valence-electron chi connectivity index (χ2n) is 2.85. The summed E-state index contributed by atoms with van der Waals surface area (Å²) in [6.45, 7) is 2.67. The minimum absolute atomic E-state index is 0.122. The number of aliphatic hydroxyl groups excluding tert-OH is 1. The number of hydrogen-bond acceptors (Lipinski definition) is 4. The molecule has 0 aliphatic carbocycles. The molecule has 0 rings (SSSR count). The average Bonchev–Trinajstić information content (AvgIpc) is 2.04. The van der Waals surface area contributed by atoms with Crippen molar-refractivity contribution in [1.82, 2.24) is 4.90 Å². The molecule has 0 aromatic rings. The zero-order valence-corrected chi connectivity index (χ0v) is 7.56. The maximum absolute atomic E-state index is 8.62. The molecule has 0 aromatic carbocycles. The van der Waals surface area contributed by atoms with Gasteiger partial charge < -0.3 is 20.9 Å². The summed E-state index contributed by atoms with van der Waals surface area (Å²) in [6, 6.07) is 0.174. The van der Waals surface area contributed by atoms with E-state index in [9.17, 15) is 0 Å². The third-order valence-corrected chi connectivity index (χ3v) is 1.84. The van der Waals surface area contributed by atoms with Crippen LogP contribution < -0.4 is 5.73 Å². The quantitative estimate of drug-likeness (QED) is 0.226. The molecule has 5 nitrogen and oxygen atoms in total. The van der Waals surface area contributed by atoms with Crippen LogP contribution in [0.1, 0.15) is 13.3 Å². The van der Waals surface area contributed by atoms with Gasteiger partial charge >= 0.3 is 0 Å². The highest BCUT2D eigenvalue weighted by Gasteiger charge is 2.09. The molecule has 0 aliphatic heterocycles. The fraction of sp³-hybridized carbons (Fsp3) is 0.857. The summed E-state index contributed by atoms with van der Waals surface area (Å²) in [5.74, 6) is 0.215. The van der Waals surface area contributed by atoms with Gasteiger partial charge in [0.25, 0.3) is 0 Å². The number of rotatable bonds is 5. The molecule has 0 aromatic heterocycles. The van der Waals surface area contributed by atoms with Crippen molar-refractivity contribution in [3.63, 3.8) is 0 Å². The number of hydrogen-bond donors (Lipinski definition) is 3. The van der Waals surface area contributed by atoms with Gasteiger partial charge in [0.1, 0.15) is 5.84 Å². The van der Waals surface area contributed by atoms with E-state index < -0.39 is 0 Å². The monoisotopic (exact) mass is 175 g/mol. The lowest BCUT2D eigenvalue weighted by Gasteiger charge is -2.22. The molecular formula is C7H17N3O2. The Labute approximate surface area is 72.5 Å². The fourth-order valence-corrected chi connectivity index (χ4v) is 0.877. The van der Waals surface area contributed by atoms with Crippen molar-refractivity contribution < 1.29 is 10.3 Å². The largest absolute Gasteiger partial charge is 0.409 e. The number of oxime groups is 1. The molecule has 0 spiro atoms. The topological polar surface area (TPSA) is 82.1 Å². The normalized spacial score (nSPS) is 15.2. The minimum Gasteiger partial charge on any atom is -0.409 e. The molecule has 1 atom stereocenters. The lowest BCUT2D eigenvalue weighted by Crippen LogP contribution is -2.35. The summed E-state index contributed by atoms with van der Waals surface area (Å²) in [6.07, 6.45) is 0.507. The SMILES string of the molecule is CC(C/C(N)=N/O)N(C)CCO. The van der Waals surface area contributed by atoms with Gasteiger partial charge in [0.05, 0.1) is 6.61 Å². The Morgan fingerprint density at radius 2 is 2.25 bits per heavy atom. The smallest absolute Gasteiger partial charge is 0.140 e. The van der Waals surface area contributed by atoms with E-state index in [-0.39, 0.29) is 18.5 Å². The molecule has 1 unspecified atom stereocenters. The Hall–Kier alpha value is -0.810. The number of nitrogens with zero attached hydrogens (tertiary/aromatic N) is 2. The maximum Gasteiger partial charge on any atom is 0.140 e. The van der Waals surface area contributed by atoms with Gasteiger partial charge in [-0.1, -0.05) is 5.16 Å². The summed E-state index contributed by atoms with van der Waals surface area (Å²) in [4.78, 5) is 1.94. The molecule has 0 saturated carbocycles. The average molecular weight is 175 g/mol. The molecule has 5 heteroatoms. The van der Waals surface area contributed by atoms with Crippen molar-refractivity contribution in [2.24, 2.45) is 10.9 Å². The minimum atomic E-state index is 0.122. The molecule has 0 saturated heterocycles. The van der Waals surface area contributed by atoms with Crippen LogP contribution in [0.15, 0.2) is 5.16 Å². The summed E-state index contributed by atoms with van der Waals surface area (Å²) >= 11 is 0. The van der Waals surface area contributed by atoms with E-state index in [1.165, 1.54) is 0 Å². The van der Waals surface area contributed by atoms with E-state index in [1.54, 1.807) is 0 Å². The lowest BCUT2D eigenvalue weighted by molar-refractivity contribution is 0.189. The molecule has 72 valence electrons. The van der Waals surface area contributed by atoms with Crippen LogP contribution in [-0.4, -0.2) is 47.3 Å². The van der Waals surface area contributed by atoms with Crippen molar-refractivity contribution in [3.8, 4) is 0 Å². The number of nitrogens with two attached hydrogens (primary N) is 1. The van der Waals surface area contributed by atoms with E-state index in [0.29, 0.717) is 13.0 Å². The summed E-state index contributed by atoms with van der Waals surface area (Å²) in [5, 5.41) is 19.8. The Bertz CT molecular complexity index is 150. The van der Waals surface area contributed by atoms with Gasteiger partial charge in [-0.2, -0.15) is 0 Å². The standard InChI is InChI=1S/C7H17N3O2/c1-6(5-7(8)9-12)10(2)3-4-11/h6,11-12H,3-5H2,1-2H3,(H2,8,9). The van der Waals surface area contributed by atoms with Crippen molar-refractivity contribution in [3.05, 3.63) is 0 Å². The van der Waals surface area contributed by atoms with Crippen LogP contribution >= 0.6 is 0 Å². The molecule has 0 heterocycles. The van der Waals surface area contributed by atoms with Gasteiger partial charge in [-0.25, -0.2) is 0 Å². The first-order valence-corrected chi connectivity index (χ1v) is 3.89. The zero-order chi connectivity index (χ0) is 9.56. The second kappa shape index (κ2) is 5.79. The highest BCUT2D eigenvalue weighted by Crippen LogP contribution is 1.99. The van der Waals surface area contributed by atoms with Crippen molar-refractivity contribution in [2.75, 3.05) is 20.2 Å². The third kappa shape index (κ3) is 4.15. The van der Waals surface area contributed by atoms with E-state index in [0.717, 1.165) is 0 Å². The van der Waals surface area contributed by atoms with Crippen LogP contribution in [0, 0.1) is 0 Å². The number of amidine groups is 1. The highest BCUT2D eigenvalue weighted by atomic mass is 16.4. The molecule has 4 N–H and O–H groups in total. The highest BCUT2D eigenvalue weighted by molar-refractivity contribution is 5.80. The molecule has 12 heavy (non-hydrogen) atoms. The number of likely N-dealkylation sites (N-methyl/N-ethyl adjacent to an activating group) is 1. The Morgan fingerprint density at radius 1 is 1.67 bits per heavy atom. The van der Waals surface area contributed by atoms with E-state index >= 15 is 0 Å². The van der Waals surface area contributed by atoms with Crippen LogP contribution in [0.2, 0.25) is 0 Å². The second-order valence-corrected chi connectivity index (χ2v) is 2.85. The summed E-state index contributed by atoms with van der Waals surface area (Å²) in [5.41, 5.74) is 5.32. The van der Waals surface area contributed by atoms with Crippen LogP contribution in [0.4, 0.5) is 0 Å². The first kappa shape index (κ1) is 11.2. The molecule has 0 aliphatic rings. The van der Waals surface area contributed by atoms with Crippen molar-refractivity contribution in [2.45, 2.75) is 19.4 Å². The van der Waals surface area contributed by atoms with Crippen molar-refractivity contribution in [1.29, 1.82) is 0 Å². The maximum atomic E-state index is 8.62.